The average molecular weight is 334 g/mol. The SMILES string of the molecule is CC(C)(C)OC(=O)N1CCC(Oc2ccnc3ccsc23)CC1. The van der Waals surface area contributed by atoms with Gasteiger partial charge < -0.3 is 14.4 Å². The number of rotatable bonds is 2. The Kier molecular flexibility index (Phi) is 4.43. The van der Waals surface area contributed by atoms with Crippen molar-refractivity contribution in [3.8, 4) is 5.75 Å². The lowest BCUT2D eigenvalue weighted by Crippen LogP contribution is -2.44. The standard InChI is InChI=1S/C17H22N2O3S/c1-17(2,3)22-16(20)19-9-5-12(6-10-19)21-14-4-8-18-13-7-11-23-15(13)14/h4,7-8,11-12H,5-6,9-10H2,1-3H3. The summed E-state index contributed by atoms with van der Waals surface area (Å²) in [4.78, 5) is 18.2. The van der Waals surface area contributed by atoms with Crippen LogP contribution in [0.3, 0.4) is 0 Å². The highest BCUT2D eigenvalue weighted by atomic mass is 32.1. The van der Waals surface area contributed by atoms with E-state index in [1.807, 2.05) is 38.3 Å². The molecule has 1 fully saturated rings. The van der Waals surface area contributed by atoms with Gasteiger partial charge in [0, 0.05) is 32.1 Å². The van der Waals surface area contributed by atoms with E-state index in [1.165, 1.54) is 0 Å². The summed E-state index contributed by atoms with van der Waals surface area (Å²) in [5.74, 6) is 0.890. The summed E-state index contributed by atoms with van der Waals surface area (Å²) in [6.07, 6.45) is 3.30. The predicted molar refractivity (Wildman–Crippen MR) is 91.1 cm³/mol. The molecule has 0 spiro atoms. The molecule has 3 rings (SSSR count). The third-order valence-corrected chi connectivity index (χ3v) is 4.61. The van der Waals surface area contributed by atoms with Crippen LogP contribution in [0.1, 0.15) is 33.6 Å². The van der Waals surface area contributed by atoms with Crippen molar-refractivity contribution in [1.29, 1.82) is 0 Å². The summed E-state index contributed by atoms with van der Waals surface area (Å²) in [6.45, 7) is 6.99. The van der Waals surface area contributed by atoms with E-state index >= 15 is 0 Å². The number of amides is 1. The number of pyridine rings is 1. The van der Waals surface area contributed by atoms with Gasteiger partial charge in [0.05, 0.1) is 10.2 Å². The van der Waals surface area contributed by atoms with E-state index in [0.29, 0.717) is 13.1 Å². The van der Waals surface area contributed by atoms with Crippen molar-refractivity contribution in [2.45, 2.75) is 45.3 Å². The van der Waals surface area contributed by atoms with Crippen LogP contribution in [0.5, 0.6) is 5.75 Å². The number of hydrogen-bond donors (Lipinski definition) is 0. The molecule has 2 aromatic rings. The van der Waals surface area contributed by atoms with Gasteiger partial charge in [-0.2, -0.15) is 0 Å². The molecule has 0 bridgehead atoms. The van der Waals surface area contributed by atoms with Crippen LogP contribution in [-0.2, 0) is 4.74 Å². The first-order chi connectivity index (χ1) is 10.9. The Bertz CT molecular complexity index is 684. The Morgan fingerprint density at radius 3 is 2.74 bits per heavy atom. The van der Waals surface area contributed by atoms with Gasteiger partial charge in [0.1, 0.15) is 17.5 Å². The maximum atomic E-state index is 12.1. The Balaban J connectivity index is 1.57. The molecule has 3 heterocycles. The fraction of sp³-hybridized carbons (Fsp3) is 0.529. The molecule has 0 unspecified atom stereocenters. The number of carbonyl (C=O) groups is 1. The van der Waals surface area contributed by atoms with E-state index in [-0.39, 0.29) is 12.2 Å². The van der Waals surface area contributed by atoms with E-state index in [2.05, 4.69) is 4.98 Å². The fourth-order valence-electron chi connectivity index (χ4n) is 2.60. The lowest BCUT2D eigenvalue weighted by molar-refractivity contribution is 0.0128. The molecule has 6 heteroatoms. The Labute approximate surface area is 140 Å². The van der Waals surface area contributed by atoms with E-state index in [1.54, 1.807) is 22.4 Å². The zero-order chi connectivity index (χ0) is 16.4. The lowest BCUT2D eigenvalue weighted by atomic mass is 10.1. The molecule has 1 aliphatic rings. The number of fused-ring (bicyclic) bond motifs is 1. The zero-order valence-electron chi connectivity index (χ0n) is 13.7. The van der Waals surface area contributed by atoms with Gasteiger partial charge in [0.25, 0.3) is 0 Å². The van der Waals surface area contributed by atoms with Crippen molar-refractivity contribution >= 4 is 27.6 Å². The average Bonchev–Trinajstić information content (AvgIpc) is 2.96. The molecule has 1 amide bonds. The van der Waals surface area contributed by atoms with Crippen LogP contribution in [0.4, 0.5) is 4.79 Å². The number of hydrogen-bond acceptors (Lipinski definition) is 5. The lowest BCUT2D eigenvalue weighted by Gasteiger charge is -2.33. The molecule has 0 atom stereocenters. The quantitative estimate of drug-likeness (QED) is 0.830. The second-order valence-electron chi connectivity index (χ2n) is 6.73. The second-order valence-corrected chi connectivity index (χ2v) is 7.64. The van der Waals surface area contributed by atoms with Crippen LogP contribution < -0.4 is 4.74 Å². The third-order valence-electron chi connectivity index (χ3n) is 3.70. The molecule has 0 aliphatic carbocycles. The number of piperidine rings is 1. The van der Waals surface area contributed by atoms with Gasteiger partial charge in [-0.25, -0.2) is 4.79 Å². The van der Waals surface area contributed by atoms with Gasteiger partial charge in [-0.3, -0.25) is 4.98 Å². The molecule has 0 N–H and O–H groups in total. The number of likely N-dealkylation sites (tertiary alicyclic amines) is 1. The van der Waals surface area contributed by atoms with Crippen LogP contribution in [0.25, 0.3) is 10.2 Å². The number of carbonyl (C=O) groups excluding carboxylic acids is 1. The molecule has 1 aliphatic heterocycles. The van der Waals surface area contributed by atoms with Crippen molar-refractivity contribution in [3.05, 3.63) is 23.7 Å². The van der Waals surface area contributed by atoms with E-state index in [9.17, 15) is 4.79 Å². The topological polar surface area (TPSA) is 51.7 Å². The van der Waals surface area contributed by atoms with Gasteiger partial charge in [0.2, 0.25) is 0 Å². The summed E-state index contributed by atoms with van der Waals surface area (Å²) >= 11 is 1.64. The summed E-state index contributed by atoms with van der Waals surface area (Å²) in [5.41, 5.74) is 0.519. The highest BCUT2D eigenvalue weighted by molar-refractivity contribution is 7.17. The summed E-state index contributed by atoms with van der Waals surface area (Å²) in [5, 5.41) is 2.02. The molecular formula is C17H22N2O3S. The van der Waals surface area contributed by atoms with Crippen LogP contribution >= 0.6 is 11.3 Å². The summed E-state index contributed by atoms with van der Waals surface area (Å²) < 4.78 is 12.7. The van der Waals surface area contributed by atoms with Gasteiger partial charge in [-0.05, 0) is 38.3 Å². The monoisotopic (exact) mass is 334 g/mol. The first kappa shape index (κ1) is 16.1. The number of ether oxygens (including phenoxy) is 2. The Morgan fingerprint density at radius 1 is 1.30 bits per heavy atom. The van der Waals surface area contributed by atoms with Crippen LogP contribution in [-0.4, -0.2) is 40.8 Å². The number of aromatic nitrogens is 1. The smallest absolute Gasteiger partial charge is 0.410 e. The van der Waals surface area contributed by atoms with E-state index in [0.717, 1.165) is 28.8 Å². The van der Waals surface area contributed by atoms with Gasteiger partial charge in [-0.15, -0.1) is 11.3 Å². The summed E-state index contributed by atoms with van der Waals surface area (Å²) in [7, 11) is 0. The maximum absolute atomic E-state index is 12.1. The van der Waals surface area contributed by atoms with Gasteiger partial charge in [-0.1, -0.05) is 0 Å². The number of thiophene rings is 1. The second kappa shape index (κ2) is 6.35. The minimum Gasteiger partial charge on any atom is -0.489 e. The van der Waals surface area contributed by atoms with Crippen molar-refractivity contribution in [1.82, 2.24) is 9.88 Å². The van der Waals surface area contributed by atoms with Crippen molar-refractivity contribution < 1.29 is 14.3 Å². The van der Waals surface area contributed by atoms with Crippen molar-refractivity contribution in [3.63, 3.8) is 0 Å². The largest absolute Gasteiger partial charge is 0.489 e. The van der Waals surface area contributed by atoms with Crippen LogP contribution in [0, 0.1) is 0 Å². The first-order valence-corrected chi connectivity index (χ1v) is 8.77. The minimum absolute atomic E-state index is 0.126. The van der Waals surface area contributed by atoms with Crippen LogP contribution in [0.15, 0.2) is 23.7 Å². The number of nitrogens with zero attached hydrogens (tertiary/aromatic N) is 2. The molecule has 5 nitrogen and oxygen atoms in total. The van der Waals surface area contributed by atoms with Crippen LogP contribution in [0.2, 0.25) is 0 Å². The molecule has 0 aromatic carbocycles. The Morgan fingerprint density at radius 2 is 2.04 bits per heavy atom. The molecule has 124 valence electrons. The first-order valence-electron chi connectivity index (χ1n) is 7.89. The maximum Gasteiger partial charge on any atom is 0.410 e. The third kappa shape index (κ3) is 3.93. The highest BCUT2D eigenvalue weighted by Gasteiger charge is 2.27. The van der Waals surface area contributed by atoms with Gasteiger partial charge in [0.15, 0.2) is 0 Å². The Hall–Kier alpha value is -1.82. The van der Waals surface area contributed by atoms with E-state index < -0.39 is 5.60 Å². The summed E-state index contributed by atoms with van der Waals surface area (Å²) in [6, 6.07) is 3.91. The highest BCUT2D eigenvalue weighted by Crippen LogP contribution is 2.31. The van der Waals surface area contributed by atoms with Crippen molar-refractivity contribution in [2.24, 2.45) is 0 Å². The van der Waals surface area contributed by atoms with Gasteiger partial charge >= 0.3 is 6.09 Å². The molecular weight excluding hydrogens is 312 g/mol. The van der Waals surface area contributed by atoms with Crippen molar-refractivity contribution in [2.75, 3.05) is 13.1 Å². The molecule has 0 radical (unpaired) electrons. The molecule has 23 heavy (non-hydrogen) atoms. The molecule has 1 saturated heterocycles. The zero-order valence-corrected chi connectivity index (χ0v) is 14.6. The fourth-order valence-corrected chi connectivity index (χ4v) is 3.41. The molecule has 2 aromatic heterocycles. The van der Waals surface area contributed by atoms with E-state index in [4.69, 9.17) is 9.47 Å². The molecule has 0 saturated carbocycles. The predicted octanol–water partition coefficient (Wildman–Crippen LogP) is 4.07. The minimum atomic E-state index is -0.452. The normalized spacial score (nSPS) is 16.6.